The number of hydrogen-bond acceptors (Lipinski definition) is 6. The normalized spacial score (nSPS) is 16.3. The number of para-hydroxylation sites is 1. The summed E-state index contributed by atoms with van der Waals surface area (Å²) in [6.45, 7) is 6.26. The van der Waals surface area contributed by atoms with Crippen molar-refractivity contribution in [2.24, 2.45) is 0 Å². The number of unbranched alkanes of at least 4 members (excludes halogenated alkanes) is 1. The molecule has 4 rings (SSSR count). The number of piperazine rings is 1. The third-order valence-corrected chi connectivity index (χ3v) is 6.38. The number of hydrogen-bond donors (Lipinski definition) is 0. The maximum atomic E-state index is 14.2. The van der Waals surface area contributed by atoms with E-state index in [4.69, 9.17) is 0 Å². The van der Waals surface area contributed by atoms with E-state index in [1.54, 1.807) is 17.4 Å². The predicted molar refractivity (Wildman–Crippen MR) is 114 cm³/mol. The van der Waals surface area contributed by atoms with Gasteiger partial charge in [0.05, 0.1) is 18.3 Å². The van der Waals surface area contributed by atoms with Crippen LogP contribution in [0.2, 0.25) is 0 Å². The summed E-state index contributed by atoms with van der Waals surface area (Å²) in [6.07, 6.45) is 3.29. The Labute approximate surface area is 174 Å². The molecule has 0 saturated carbocycles. The number of thiophene rings is 1. The lowest BCUT2D eigenvalue weighted by Crippen LogP contribution is -2.48. The Balaban J connectivity index is 1.48. The minimum atomic E-state index is -0.150. The van der Waals surface area contributed by atoms with Gasteiger partial charge in [0, 0.05) is 31.1 Å². The van der Waals surface area contributed by atoms with Gasteiger partial charge < -0.3 is 4.90 Å². The lowest BCUT2D eigenvalue weighted by Gasteiger charge is -2.39. The zero-order chi connectivity index (χ0) is 20.1. The average Bonchev–Trinajstić information content (AvgIpc) is 3.42. The van der Waals surface area contributed by atoms with Crippen molar-refractivity contribution in [3.63, 3.8) is 0 Å². The maximum Gasteiger partial charge on any atom is 0.168 e. The summed E-state index contributed by atoms with van der Waals surface area (Å²) in [5.41, 5.74) is 0.694. The van der Waals surface area contributed by atoms with Gasteiger partial charge in [0.1, 0.15) is 5.82 Å². The first kappa shape index (κ1) is 20.0. The molecule has 6 nitrogen and oxygen atoms in total. The largest absolute Gasteiger partial charge is 0.367 e. The van der Waals surface area contributed by atoms with Crippen molar-refractivity contribution < 1.29 is 4.39 Å². The number of anilines is 1. The van der Waals surface area contributed by atoms with Gasteiger partial charge in [0.25, 0.3) is 0 Å². The van der Waals surface area contributed by atoms with Crippen LogP contribution in [0.25, 0.3) is 0 Å². The molecule has 1 aliphatic rings. The van der Waals surface area contributed by atoms with E-state index in [0.29, 0.717) is 12.2 Å². The van der Waals surface area contributed by atoms with Gasteiger partial charge >= 0.3 is 0 Å². The molecule has 0 N–H and O–H groups in total. The zero-order valence-electron chi connectivity index (χ0n) is 16.7. The van der Waals surface area contributed by atoms with Crippen LogP contribution >= 0.6 is 11.3 Å². The fourth-order valence-electron chi connectivity index (χ4n) is 3.97. The van der Waals surface area contributed by atoms with Crippen molar-refractivity contribution in [1.29, 1.82) is 0 Å². The van der Waals surface area contributed by atoms with Crippen LogP contribution in [0.1, 0.15) is 42.9 Å². The van der Waals surface area contributed by atoms with Crippen molar-refractivity contribution in [2.75, 3.05) is 31.1 Å². The minimum Gasteiger partial charge on any atom is -0.367 e. The summed E-state index contributed by atoms with van der Waals surface area (Å²) >= 11 is 1.72. The molecule has 2 aromatic heterocycles. The van der Waals surface area contributed by atoms with Gasteiger partial charge in [-0.2, -0.15) is 0 Å². The highest BCUT2D eigenvalue weighted by Gasteiger charge is 2.29. The Morgan fingerprint density at radius 1 is 1.10 bits per heavy atom. The fraction of sp³-hybridized carbons (Fsp3) is 0.476. The first-order chi connectivity index (χ1) is 14.3. The van der Waals surface area contributed by atoms with Crippen LogP contribution < -0.4 is 4.90 Å². The van der Waals surface area contributed by atoms with Crippen molar-refractivity contribution in [3.05, 3.63) is 58.3 Å². The third kappa shape index (κ3) is 4.64. The Morgan fingerprint density at radius 3 is 2.66 bits per heavy atom. The van der Waals surface area contributed by atoms with Crippen LogP contribution in [0.4, 0.5) is 10.1 Å². The second kappa shape index (κ2) is 9.45. The molecule has 0 unspecified atom stereocenters. The molecule has 0 aliphatic carbocycles. The van der Waals surface area contributed by atoms with Crippen molar-refractivity contribution in [1.82, 2.24) is 25.1 Å². The van der Waals surface area contributed by atoms with E-state index in [2.05, 4.69) is 49.8 Å². The zero-order valence-corrected chi connectivity index (χ0v) is 17.6. The molecule has 8 heteroatoms. The van der Waals surface area contributed by atoms with E-state index < -0.39 is 0 Å². The number of aromatic nitrogens is 4. The van der Waals surface area contributed by atoms with Crippen LogP contribution in [-0.4, -0.2) is 51.3 Å². The Kier molecular flexibility index (Phi) is 6.51. The Bertz CT molecular complexity index is 888. The lowest BCUT2D eigenvalue weighted by atomic mass is 10.1. The van der Waals surface area contributed by atoms with Gasteiger partial charge in [-0.25, -0.2) is 9.07 Å². The molecule has 1 saturated heterocycles. The number of nitrogens with zero attached hydrogens (tertiary/aromatic N) is 6. The number of rotatable bonds is 8. The molecule has 0 radical (unpaired) electrons. The molecule has 1 aliphatic heterocycles. The van der Waals surface area contributed by atoms with Crippen molar-refractivity contribution in [3.8, 4) is 0 Å². The van der Waals surface area contributed by atoms with E-state index in [1.165, 1.54) is 10.9 Å². The Morgan fingerprint density at radius 2 is 1.93 bits per heavy atom. The first-order valence-electron chi connectivity index (χ1n) is 10.3. The van der Waals surface area contributed by atoms with E-state index in [-0.39, 0.29) is 11.9 Å². The molecule has 1 fully saturated rings. The number of tetrazole rings is 1. The quantitative estimate of drug-likeness (QED) is 0.558. The van der Waals surface area contributed by atoms with Crippen LogP contribution in [0, 0.1) is 5.82 Å². The second-order valence-electron chi connectivity index (χ2n) is 7.41. The van der Waals surface area contributed by atoms with Crippen LogP contribution in [0.15, 0.2) is 41.8 Å². The molecule has 1 aromatic carbocycles. The third-order valence-electron chi connectivity index (χ3n) is 5.52. The smallest absolute Gasteiger partial charge is 0.168 e. The summed E-state index contributed by atoms with van der Waals surface area (Å²) in [4.78, 5) is 5.85. The molecular weight excluding hydrogens is 387 g/mol. The van der Waals surface area contributed by atoms with Gasteiger partial charge in [0.15, 0.2) is 5.82 Å². The van der Waals surface area contributed by atoms with E-state index in [0.717, 1.165) is 51.3 Å². The molecule has 1 atom stereocenters. The van der Waals surface area contributed by atoms with Gasteiger partial charge in [-0.3, -0.25) is 4.90 Å². The summed E-state index contributed by atoms with van der Waals surface area (Å²) in [5.74, 6) is 0.787. The SMILES string of the molecule is CCCC[C@H](c1nnnn1Cc1cccs1)N1CCN(c2ccccc2F)CC1. The summed E-state index contributed by atoms with van der Waals surface area (Å²) in [6, 6.07) is 11.4. The molecule has 154 valence electrons. The second-order valence-corrected chi connectivity index (χ2v) is 8.44. The average molecular weight is 415 g/mol. The van der Waals surface area contributed by atoms with Gasteiger partial charge in [-0.05, 0) is 40.4 Å². The van der Waals surface area contributed by atoms with E-state index >= 15 is 0 Å². The first-order valence-corrected chi connectivity index (χ1v) is 11.2. The molecule has 3 aromatic rings. The lowest BCUT2D eigenvalue weighted by molar-refractivity contribution is 0.163. The maximum absolute atomic E-state index is 14.2. The Hall–Kier alpha value is -2.32. The van der Waals surface area contributed by atoms with Gasteiger partial charge in [-0.1, -0.05) is 38.0 Å². The summed E-state index contributed by atoms with van der Waals surface area (Å²) in [7, 11) is 0. The van der Waals surface area contributed by atoms with Crippen molar-refractivity contribution in [2.45, 2.75) is 38.8 Å². The topological polar surface area (TPSA) is 50.1 Å². The number of halogens is 1. The molecule has 29 heavy (non-hydrogen) atoms. The summed E-state index contributed by atoms with van der Waals surface area (Å²) < 4.78 is 16.1. The molecule has 0 amide bonds. The van der Waals surface area contributed by atoms with Crippen molar-refractivity contribution >= 4 is 17.0 Å². The highest BCUT2D eigenvalue weighted by Crippen LogP contribution is 2.28. The highest BCUT2D eigenvalue weighted by atomic mass is 32.1. The molecule has 0 bridgehead atoms. The minimum absolute atomic E-state index is 0.150. The van der Waals surface area contributed by atoms with Gasteiger partial charge in [0.2, 0.25) is 0 Å². The van der Waals surface area contributed by atoms with Crippen LogP contribution in [0.5, 0.6) is 0 Å². The molecule has 0 spiro atoms. The molecular formula is C21H27FN6S. The monoisotopic (exact) mass is 414 g/mol. The van der Waals surface area contributed by atoms with Gasteiger partial charge in [-0.15, -0.1) is 16.4 Å². The molecule has 3 heterocycles. The highest BCUT2D eigenvalue weighted by molar-refractivity contribution is 7.09. The summed E-state index contributed by atoms with van der Waals surface area (Å²) in [5, 5.41) is 14.7. The predicted octanol–water partition coefficient (Wildman–Crippen LogP) is 3.98. The van der Waals surface area contributed by atoms with E-state index in [9.17, 15) is 4.39 Å². The van der Waals surface area contributed by atoms with Crippen LogP contribution in [-0.2, 0) is 6.54 Å². The fourth-order valence-corrected chi connectivity index (χ4v) is 4.65. The standard InChI is InChI=1S/C21H27FN6S/c1-2-3-9-20(21-23-24-25-28(21)16-17-7-6-15-29-17)27-13-11-26(12-14-27)19-10-5-4-8-18(19)22/h4-8,10,15,20H,2-3,9,11-14,16H2,1H3/t20-/m1/s1. The number of benzene rings is 1. The van der Waals surface area contributed by atoms with Crippen LogP contribution in [0.3, 0.4) is 0 Å². The van der Waals surface area contributed by atoms with E-state index in [1.807, 2.05) is 16.8 Å².